The lowest BCUT2D eigenvalue weighted by atomic mass is 9.95. The van der Waals surface area contributed by atoms with Gasteiger partial charge in [0, 0.05) is 23.5 Å². The van der Waals surface area contributed by atoms with Crippen LogP contribution in [-0.4, -0.2) is 16.0 Å². The Kier molecular flexibility index (Phi) is 6.15. The second-order valence-corrected chi connectivity index (χ2v) is 7.15. The van der Waals surface area contributed by atoms with Gasteiger partial charge in [-0.3, -0.25) is 9.78 Å². The number of hydrogen-bond acceptors (Lipinski definition) is 3. The lowest BCUT2D eigenvalue weighted by molar-refractivity contribution is 0.0831. The van der Waals surface area contributed by atoms with Crippen molar-refractivity contribution in [2.24, 2.45) is 0 Å². The molecule has 0 fully saturated rings. The number of halogens is 1. The summed E-state index contributed by atoms with van der Waals surface area (Å²) in [5, 5.41) is 13.9. The summed E-state index contributed by atoms with van der Waals surface area (Å²) >= 11 is 0. The number of nitrogens with one attached hydrogen (secondary N) is 1. The van der Waals surface area contributed by atoms with E-state index in [9.17, 15) is 14.3 Å². The van der Waals surface area contributed by atoms with E-state index in [2.05, 4.69) is 10.3 Å². The van der Waals surface area contributed by atoms with E-state index >= 15 is 0 Å². The lowest BCUT2D eigenvalue weighted by Crippen LogP contribution is -2.32. The fourth-order valence-corrected chi connectivity index (χ4v) is 3.49. The van der Waals surface area contributed by atoms with Gasteiger partial charge < -0.3 is 10.4 Å². The van der Waals surface area contributed by atoms with Crippen LogP contribution in [0, 0.1) is 5.82 Å². The van der Waals surface area contributed by atoms with Crippen LogP contribution in [0.2, 0.25) is 0 Å². The maximum absolute atomic E-state index is 14.7. The molecule has 3 aromatic carbocycles. The second-order valence-electron chi connectivity index (χ2n) is 7.15. The molecule has 1 heterocycles. The van der Waals surface area contributed by atoms with Crippen LogP contribution in [0.5, 0.6) is 0 Å². The molecule has 5 heteroatoms. The first-order chi connectivity index (χ1) is 15.1. The Morgan fingerprint density at radius 1 is 0.839 bits per heavy atom. The largest absolute Gasteiger partial charge is 0.386 e. The Balaban J connectivity index is 1.61. The number of nitrogens with zero attached hydrogens (tertiary/aromatic N) is 1. The van der Waals surface area contributed by atoms with Gasteiger partial charge in [-0.2, -0.15) is 0 Å². The fourth-order valence-electron chi connectivity index (χ4n) is 3.49. The quantitative estimate of drug-likeness (QED) is 0.464. The summed E-state index contributed by atoms with van der Waals surface area (Å²) < 4.78 is 14.7. The molecule has 2 atom stereocenters. The Bertz CT molecular complexity index is 1150. The Morgan fingerprint density at radius 2 is 1.45 bits per heavy atom. The van der Waals surface area contributed by atoms with Crippen molar-refractivity contribution in [3.8, 4) is 11.1 Å². The summed E-state index contributed by atoms with van der Waals surface area (Å²) in [6, 6.07) is 25.4. The Morgan fingerprint density at radius 3 is 2.06 bits per heavy atom. The fraction of sp³-hybridized carbons (Fsp3) is 0.0769. The number of aliphatic hydroxyl groups excluding tert-OH is 1. The number of rotatable bonds is 6. The average molecular weight is 412 g/mol. The molecule has 0 bridgehead atoms. The minimum Gasteiger partial charge on any atom is -0.386 e. The normalized spacial score (nSPS) is 12.7. The highest BCUT2D eigenvalue weighted by Crippen LogP contribution is 2.29. The molecule has 0 aliphatic rings. The number of carbonyl (C=O) groups excluding carboxylic acids is 1. The molecular formula is C26H21FN2O2. The van der Waals surface area contributed by atoms with E-state index in [4.69, 9.17) is 0 Å². The zero-order chi connectivity index (χ0) is 21.6. The van der Waals surface area contributed by atoms with Crippen LogP contribution in [-0.2, 0) is 0 Å². The zero-order valence-corrected chi connectivity index (χ0v) is 16.7. The minimum atomic E-state index is -0.964. The maximum Gasteiger partial charge on any atom is 0.251 e. The van der Waals surface area contributed by atoms with Crippen molar-refractivity contribution in [2.45, 2.75) is 12.1 Å². The van der Waals surface area contributed by atoms with Crippen molar-refractivity contribution in [3.63, 3.8) is 0 Å². The lowest BCUT2D eigenvalue weighted by Gasteiger charge is -2.25. The summed E-state index contributed by atoms with van der Waals surface area (Å²) in [6.07, 6.45) is 2.21. The highest BCUT2D eigenvalue weighted by Gasteiger charge is 2.25. The number of benzene rings is 3. The first-order valence-electron chi connectivity index (χ1n) is 9.92. The van der Waals surface area contributed by atoms with Gasteiger partial charge in [0.25, 0.3) is 5.91 Å². The molecule has 0 unspecified atom stereocenters. The highest BCUT2D eigenvalue weighted by molar-refractivity contribution is 5.95. The van der Waals surface area contributed by atoms with Gasteiger partial charge in [-0.1, -0.05) is 66.7 Å². The van der Waals surface area contributed by atoms with Crippen molar-refractivity contribution < 1.29 is 14.3 Å². The molecule has 4 rings (SSSR count). The average Bonchev–Trinajstić information content (AvgIpc) is 2.83. The molecule has 0 aliphatic carbocycles. The summed E-state index contributed by atoms with van der Waals surface area (Å²) in [4.78, 5) is 16.9. The van der Waals surface area contributed by atoms with E-state index in [0.717, 1.165) is 5.56 Å². The van der Waals surface area contributed by atoms with Crippen LogP contribution >= 0.6 is 0 Å². The SMILES string of the molecule is O=C(N[C@@H](c1ccccc1)[C@H](O)c1ccccc1)c1ccc(-c2ccncc2)c(F)c1. The van der Waals surface area contributed by atoms with Crippen molar-refractivity contribution >= 4 is 5.91 Å². The monoisotopic (exact) mass is 412 g/mol. The van der Waals surface area contributed by atoms with E-state index in [1.807, 2.05) is 48.5 Å². The van der Waals surface area contributed by atoms with Crippen molar-refractivity contribution in [1.82, 2.24) is 10.3 Å². The molecule has 0 spiro atoms. The molecule has 0 saturated carbocycles. The third-order valence-electron chi connectivity index (χ3n) is 5.12. The standard InChI is InChI=1S/C26H21FN2O2/c27-23-17-21(11-12-22(23)18-13-15-28-16-14-18)26(31)29-24(19-7-3-1-4-8-19)25(30)20-9-5-2-6-10-20/h1-17,24-25,30H,(H,29,31)/t24-,25+/m0/s1. The van der Waals surface area contributed by atoms with Crippen LogP contribution in [0.15, 0.2) is 103 Å². The van der Waals surface area contributed by atoms with E-state index in [-0.39, 0.29) is 5.56 Å². The molecule has 1 amide bonds. The first-order valence-corrected chi connectivity index (χ1v) is 9.92. The van der Waals surface area contributed by atoms with Crippen LogP contribution < -0.4 is 5.32 Å². The van der Waals surface area contributed by atoms with Crippen molar-refractivity contribution in [3.05, 3.63) is 126 Å². The van der Waals surface area contributed by atoms with E-state index in [1.54, 1.807) is 48.8 Å². The minimum absolute atomic E-state index is 0.177. The molecule has 4 nitrogen and oxygen atoms in total. The summed E-state index contributed by atoms with van der Waals surface area (Å²) in [5.74, 6) is -0.970. The van der Waals surface area contributed by atoms with E-state index < -0.39 is 23.9 Å². The number of aliphatic hydroxyl groups is 1. The van der Waals surface area contributed by atoms with Crippen LogP contribution in [0.3, 0.4) is 0 Å². The number of pyridine rings is 1. The zero-order valence-electron chi connectivity index (χ0n) is 16.7. The van der Waals surface area contributed by atoms with Gasteiger partial charge in [0.05, 0.1) is 6.04 Å². The van der Waals surface area contributed by atoms with Gasteiger partial charge in [0.2, 0.25) is 0 Å². The van der Waals surface area contributed by atoms with Crippen molar-refractivity contribution in [1.29, 1.82) is 0 Å². The summed E-state index contributed by atoms with van der Waals surface area (Å²) in [5.41, 5.74) is 2.68. The predicted molar refractivity (Wildman–Crippen MR) is 118 cm³/mol. The second kappa shape index (κ2) is 9.32. The number of amides is 1. The summed E-state index contributed by atoms with van der Waals surface area (Å²) in [7, 11) is 0. The third kappa shape index (κ3) is 4.68. The maximum atomic E-state index is 14.7. The van der Waals surface area contributed by atoms with Gasteiger partial charge in [-0.25, -0.2) is 4.39 Å². The van der Waals surface area contributed by atoms with E-state index in [0.29, 0.717) is 16.7 Å². The molecule has 0 aliphatic heterocycles. The molecular weight excluding hydrogens is 391 g/mol. The van der Waals surface area contributed by atoms with Gasteiger partial charge >= 0.3 is 0 Å². The first kappa shape index (κ1) is 20.4. The molecule has 0 saturated heterocycles. The summed E-state index contributed by atoms with van der Waals surface area (Å²) in [6.45, 7) is 0. The van der Waals surface area contributed by atoms with Crippen LogP contribution in [0.25, 0.3) is 11.1 Å². The van der Waals surface area contributed by atoms with E-state index in [1.165, 1.54) is 6.07 Å². The van der Waals surface area contributed by atoms with Gasteiger partial charge in [0.1, 0.15) is 11.9 Å². The predicted octanol–water partition coefficient (Wildman–Crippen LogP) is 5.09. The topological polar surface area (TPSA) is 62.2 Å². The van der Waals surface area contributed by atoms with Crippen LogP contribution in [0.4, 0.5) is 4.39 Å². The molecule has 31 heavy (non-hydrogen) atoms. The van der Waals surface area contributed by atoms with Crippen molar-refractivity contribution in [2.75, 3.05) is 0 Å². The molecule has 4 aromatic rings. The molecule has 0 radical (unpaired) electrons. The van der Waals surface area contributed by atoms with Crippen LogP contribution in [0.1, 0.15) is 33.6 Å². The van der Waals surface area contributed by atoms with Gasteiger partial charge in [-0.15, -0.1) is 0 Å². The molecule has 1 aromatic heterocycles. The number of hydrogen-bond donors (Lipinski definition) is 2. The Hall–Kier alpha value is -3.83. The smallest absolute Gasteiger partial charge is 0.251 e. The molecule has 2 N–H and O–H groups in total. The molecule has 154 valence electrons. The number of carbonyl (C=O) groups is 1. The highest BCUT2D eigenvalue weighted by atomic mass is 19.1. The van der Waals surface area contributed by atoms with Gasteiger partial charge in [0.15, 0.2) is 0 Å². The van der Waals surface area contributed by atoms with Gasteiger partial charge in [-0.05, 0) is 41.0 Å². The Labute approximate surface area is 180 Å². The third-order valence-corrected chi connectivity index (χ3v) is 5.12. The number of aromatic nitrogens is 1.